The van der Waals surface area contributed by atoms with Crippen molar-refractivity contribution in [2.24, 2.45) is 5.92 Å². The first-order valence-electron chi connectivity index (χ1n) is 12.1. The lowest BCUT2D eigenvalue weighted by molar-refractivity contribution is -0.115. The SMILES string of the molecule is CCC(=O)Nc1ccc2c(c1)OC[C@@H](C)N(C(=O)c1ccc(F)cc1)C[C@@H](C)[C@H](OC)CN(C)C2=O. The zero-order valence-corrected chi connectivity index (χ0v) is 21.4. The Morgan fingerprint density at radius 2 is 1.83 bits per heavy atom. The van der Waals surface area contributed by atoms with Gasteiger partial charge < -0.3 is 24.6 Å². The van der Waals surface area contributed by atoms with Crippen LogP contribution in [0.15, 0.2) is 42.5 Å². The standard InChI is InChI=1S/C27H34FN3O5/c1-6-25(32)29-21-11-12-22-23(13-21)36-16-18(3)31(26(33)19-7-9-20(28)10-8-19)14-17(2)24(35-5)15-30(4)27(22)34/h7-13,17-18,24H,6,14-16H2,1-5H3,(H,29,32)/t17-,18-,24-/m1/s1. The van der Waals surface area contributed by atoms with Gasteiger partial charge in [0.2, 0.25) is 5.91 Å². The molecule has 3 amide bonds. The molecule has 1 aliphatic heterocycles. The fourth-order valence-electron chi connectivity index (χ4n) is 4.14. The summed E-state index contributed by atoms with van der Waals surface area (Å²) in [6.07, 6.45) is -0.0187. The molecule has 0 radical (unpaired) electrons. The minimum Gasteiger partial charge on any atom is -0.491 e. The van der Waals surface area contributed by atoms with Gasteiger partial charge in [-0.25, -0.2) is 4.39 Å². The molecule has 2 aromatic carbocycles. The maximum absolute atomic E-state index is 13.5. The van der Waals surface area contributed by atoms with Crippen LogP contribution in [0.4, 0.5) is 10.1 Å². The molecule has 194 valence electrons. The topological polar surface area (TPSA) is 88.2 Å². The van der Waals surface area contributed by atoms with E-state index >= 15 is 0 Å². The summed E-state index contributed by atoms with van der Waals surface area (Å²) < 4.78 is 25.3. The third-order valence-corrected chi connectivity index (χ3v) is 6.40. The van der Waals surface area contributed by atoms with E-state index in [1.165, 1.54) is 24.3 Å². The Hall–Kier alpha value is -3.46. The normalized spacial score (nSPS) is 21.1. The molecule has 0 spiro atoms. The van der Waals surface area contributed by atoms with Crippen LogP contribution in [-0.4, -0.2) is 73.5 Å². The van der Waals surface area contributed by atoms with Gasteiger partial charge in [0.15, 0.2) is 0 Å². The lowest BCUT2D eigenvalue weighted by Gasteiger charge is -2.36. The predicted molar refractivity (Wildman–Crippen MR) is 135 cm³/mol. The monoisotopic (exact) mass is 499 g/mol. The number of hydrogen-bond acceptors (Lipinski definition) is 5. The number of nitrogens with zero attached hydrogens (tertiary/aromatic N) is 2. The molecule has 0 bridgehead atoms. The number of fused-ring (bicyclic) bond motifs is 1. The lowest BCUT2D eigenvalue weighted by atomic mass is 10.0. The number of benzene rings is 2. The molecule has 1 N–H and O–H groups in total. The molecule has 0 saturated heterocycles. The first-order valence-corrected chi connectivity index (χ1v) is 12.1. The highest BCUT2D eigenvalue weighted by molar-refractivity contribution is 5.98. The van der Waals surface area contributed by atoms with Crippen molar-refractivity contribution in [1.29, 1.82) is 0 Å². The Labute approximate surface area is 211 Å². The highest BCUT2D eigenvalue weighted by atomic mass is 19.1. The third kappa shape index (κ3) is 6.40. The van der Waals surface area contributed by atoms with Gasteiger partial charge in [0.1, 0.15) is 18.2 Å². The molecule has 0 aliphatic carbocycles. The molecule has 0 unspecified atom stereocenters. The van der Waals surface area contributed by atoms with Crippen LogP contribution in [0, 0.1) is 11.7 Å². The summed E-state index contributed by atoms with van der Waals surface area (Å²) in [5.74, 6) is -0.863. The van der Waals surface area contributed by atoms with Gasteiger partial charge in [0, 0.05) is 56.9 Å². The van der Waals surface area contributed by atoms with E-state index in [4.69, 9.17) is 9.47 Å². The maximum Gasteiger partial charge on any atom is 0.257 e. The quantitative estimate of drug-likeness (QED) is 0.691. The number of halogens is 1. The number of hydrogen-bond donors (Lipinski definition) is 1. The van der Waals surface area contributed by atoms with Gasteiger partial charge in [-0.2, -0.15) is 0 Å². The number of likely N-dealkylation sites (N-methyl/N-ethyl adjacent to an activating group) is 1. The summed E-state index contributed by atoms with van der Waals surface area (Å²) in [4.78, 5) is 41.9. The summed E-state index contributed by atoms with van der Waals surface area (Å²) in [7, 11) is 3.27. The van der Waals surface area contributed by atoms with Crippen LogP contribution in [0.5, 0.6) is 5.75 Å². The summed E-state index contributed by atoms with van der Waals surface area (Å²) >= 11 is 0. The van der Waals surface area contributed by atoms with E-state index < -0.39 is 5.82 Å². The Balaban J connectivity index is 1.99. The summed E-state index contributed by atoms with van der Waals surface area (Å²) in [6.45, 7) is 6.33. The highest BCUT2D eigenvalue weighted by Gasteiger charge is 2.31. The van der Waals surface area contributed by atoms with Crippen LogP contribution < -0.4 is 10.1 Å². The molecular formula is C27H34FN3O5. The van der Waals surface area contributed by atoms with Crippen molar-refractivity contribution >= 4 is 23.4 Å². The fraction of sp³-hybridized carbons (Fsp3) is 0.444. The Morgan fingerprint density at radius 1 is 1.14 bits per heavy atom. The fourth-order valence-corrected chi connectivity index (χ4v) is 4.14. The molecular weight excluding hydrogens is 465 g/mol. The van der Waals surface area contributed by atoms with Gasteiger partial charge >= 0.3 is 0 Å². The maximum atomic E-state index is 13.5. The van der Waals surface area contributed by atoms with E-state index in [-0.39, 0.29) is 42.4 Å². The van der Waals surface area contributed by atoms with Crippen LogP contribution in [0.3, 0.4) is 0 Å². The molecule has 8 nitrogen and oxygen atoms in total. The van der Waals surface area contributed by atoms with Crippen molar-refractivity contribution < 1.29 is 28.2 Å². The predicted octanol–water partition coefficient (Wildman–Crippen LogP) is 3.82. The van der Waals surface area contributed by atoms with Crippen molar-refractivity contribution in [2.45, 2.75) is 39.3 Å². The van der Waals surface area contributed by atoms with Gasteiger partial charge in [-0.3, -0.25) is 14.4 Å². The Bertz CT molecular complexity index is 1090. The number of carbonyl (C=O) groups excluding carboxylic acids is 3. The number of rotatable bonds is 4. The lowest BCUT2D eigenvalue weighted by Crippen LogP contribution is -2.48. The van der Waals surface area contributed by atoms with Crippen LogP contribution in [0.2, 0.25) is 0 Å². The highest BCUT2D eigenvalue weighted by Crippen LogP contribution is 2.27. The molecule has 9 heteroatoms. The molecule has 1 aliphatic rings. The number of nitrogens with one attached hydrogen (secondary N) is 1. The van der Waals surface area contributed by atoms with Gasteiger partial charge in [0.25, 0.3) is 11.8 Å². The van der Waals surface area contributed by atoms with E-state index in [0.29, 0.717) is 42.1 Å². The van der Waals surface area contributed by atoms with Crippen LogP contribution in [0.1, 0.15) is 47.9 Å². The largest absolute Gasteiger partial charge is 0.491 e. The van der Waals surface area contributed by atoms with E-state index in [1.54, 1.807) is 49.1 Å². The number of anilines is 1. The third-order valence-electron chi connectivity index (χ3n) is 6.40. The van der Waals surface area contributed by atoms with Gasteiger partial charge in [-0.15, -0.1) is 0 Å². The minimum atomic E-state index is -0.417. The minimum absolute atomic E-state index is 0.104. The van der Waals surface area contributed by atoms with Crippen LogP contribution in [0.25, 0.3) is 0 Å². The number of ether oxygens (including phenoxy) is 2. The summed E-state index contributed by atoms with van der Waals surface area (Å²) in [5.41, 5.74) is 1.23. The summed E-state index contributed by atoms with van der Waals surface area (Å²) in [5, 5.41) is 2.78. The van der Waals surface area contributed by atoms with Gasteiger partial charge in [0.05, 0.1) is 17.7 Å². The zero-order valence-electron chi connectivity index (χ0n) is 21.4. The molecule has 36 heavy (non-hydrogen) atoms. The van der Waals surface area contributed by atoms with Crippen LogP contribution >= 0.6 is 0 Å². The van der Waals surface area contributed by atoms with E-state index in [9.17, 15) is 18.8 Å². The first kappa shape index (κ1) is 27.1. The van der Waals surface area contributed by atoms with E-state index in [0.717, 1.165) is 0 Å². The van der Waals surface area contributed by atoms with E-state index in [1.807, 2.05) is 13.8 Å². The molecule has 2 aromatic rings. The van der Waals surface area contributed by atoms with Crippen molar-refractivity contribution in [3.8, 4) is 5.75 Å². The summed E-state index contributed by atoms with van der Waals surface area (Å²) in [6, 6.07) is 9.98. The molecule has 0 aromatic heterocycles. The molecule has 3 atom stereocenters. The number of carbonyl (C=O) groups is 3. The van der Waals surface area contributed by atoms with Crippen LogP contribution in [-0.2, 0) is 9.53 Å². The first-order chi connectivity index (χ1) is 17.1. The molecule has 1 heterocycles. The number of methoxy groups -OCH3 is 1. The molecule has 0 saturated carbocycles. The Kier molecular flexibility index (Phi) is 9.03. The smallest absolute Gasteiger partial charge is 0.257 e. The van der Waals surface area contributed by atoms with Crippen molar-refractivity contribution in [3.63, 3.8) is 0 Å². The molecule has 0 fully saturated rings. The second kappa shape index (κ2) is 12.0. The average Bonchev–Trinajstić information content (AvgIpc) is 2.87. The second-order valence-corrected chi connectivity index (χ2v) is 9.17. The second-order valence-electron chi connectivity index (χ2n) is 9.17. The molecule has 3 rings (SSSR count). The van der Waals surface area contributed by atoms with Gasteiger partial charge in [-0.05, 0) is 43.3 Å². The average molecular weight is 500 g/mol. The Morgan fingerprint density at radius 3 is 2.47 bits per heavy atom. The zero-order chi connectivity index (χ0) is 26.4. The van der Waals surface area contributed by atoms with Crippen molar-refractivity contribution in [1.82, 2.24) is 9.80 Å². The van der Waals surface area contributed by atoms with Crippen molar-refractivity contribution in [2.75, 3.05) is 39.2 Å². The van der Waals surface area contributed by atoms with E-state index in [2.05, 4.69) is 5.32 Å². The van der Waals surface area contributed by atoms with Crippen molar-refractivity contribution in [3.05, 3.63) is 59.4 Å². The number of amides is 3. The van der Waals surface area contributed by atoms with Gasteiger partial charge in [-0.1, -0.05) is 13.8 Å².